The van der Waals surface area contributed by atoms with E-state index in [1.165, 1.54) is 37.9 Å². The van der Waals surface area contributed by atoms with Crippen molar-refractivity contribution in [2.45, 2.75) is 119 Å². The second-order valence-electron chi connectivity index (χ2n) is 13.3. The fourth-order valence-electron chi connectivity index (χ4n) is 5.13. The van der Waals surface area contributed by atoms with Gasteiger partial charge in [-0.2, -0.15) is 0 Å². The number of esters is 3. The zero-order valence-corrected chi connectivity index (χ0v) is 29.1. The molecule has 0 aliphatic carbocycles. The Bertz CT molecular complexity index is 1060. The fraction of sp³-hybridized carbons (Fsp3) is 0.812. The lowest BCUT2D eigenvalue weighted by Gasteiger charge is -2.38. The standard InChI is InChI=1S/C32H55N3O9/c1-15-20(10)23-32(41)44-26(19(8)9)28(37)34(13)22(16(2)3)31(40)43-24(17(4)5)27(36)33(12)21(11)30(39)42-25(18(6)7)29(38)35(23)14/h16-26H,15H2,1-14H3. The molecule has 1 aliphatic rings. The molecule has 1 heterocycles. The van der Waals surface area contributed by atoms with Crippen LogP contribution in [0.15, 0.2) is 0 Å². The molecule has 1 aliphatic heterocycles. The van der Waals surface area contributed by atoms with Crippen molar-refractivity contribution in [3.8, 4) is 0 Å². The van der Waals surface area contributed by atoms with Gasteiger partial charge in [0.05, 0.1) is 0 Å². The topological polar surface area (TPSA) is 140 Å². The molecular weight excluding hydrogens is 570 g/mol. The molecule has 0 aromatic heterocycles. The van der Waals surface area contributed by atoms with Crippen molar-refractivity contribution in [3.05, 3.63) is 0 Å². The molecule has 1 saturated heterocycles. The predicted molar refractivity (Wildman–Crippen MR) is 164 cm³/mol. The van der Waals surface area contributed by atoms with Crippen LogP contribution in [0.3, 0.4) is 0 Å². The van der Waals surface area contributed by atoms with Crippen molar-refractivity contribution in [3.63, 3.8) is 0 Å². The number of cyclic esters (lactones) is 3. The molecule has 0 radical (unpaired) electrons. The Morgan fingerprint density at radius 3 is 1.18 bits per heavy atom. The molecule has 0 aromatic rings. The maximum atomic E-state index is 13.9. The molecule has 1 rings (SSSR count). The molecule has 252 valence electrons. The number of amides is 3. The molecule has 44 heavy (non-hydrogen) atoms. The van der Waals surface area contributed by atoms with Crippen molar-refractivity contribution >= 4 is 35.6 Å². The van der Waals surface area contributed by atoms with Crippen molar-refractivity contribution < 1.29 is 43.0 Å². The molecule has 7 atom stereocenters. The lowest BCUT2D eigenvalue weighted by atomic mass is 9.95. The zero-order valence-electron chi connectivity index (χ0n) is 29.1. The highest BCUT2D eigenvalue weighted by molar-refractivity contribution is 5.94. The highest BCUT2D eigenvalue weighted by Crippen LogP contribution is 2.24. The van der Waals surface area contributed by atoms with E-state index in [2.05, 4.69) is 0 Å². The van der Waals surface area contributed by atoms with Crippen LogP contribution >= 0.6 is 0 Å². The third-order valence-electron chi connectivity index (χ3n) is 8.37. The Hall–Kier alpha value is -3.18. The van der Waals surface area contributed by atoms with Gasteiger partial charge in [-0.1, -0.05) is 75.7 Å². The highest BCUT2D eigenvalue weighted by Gasteiger charge is 2.44. The maximum Gasteiger partial charge on any atom is 0.329 e. The van der Waals surface area contributed by atoms with Gasteiger partial charge >= 0.3 is 17.9 Å². The first-order chi connectivity index (χ1) is 20.2. The average molecular weight is 626 g/mol. The Kier molecular flexibility index (Phi) is 14.3. The second-order valence-corrected chi connectivity index (χ2v) is 13.3. The number of carbonyl (C=O) groups is 6. The summed E-state index contributed by atoms with van der Waals surface area (Å²) in [4.78, 5) is 85.5. The van der Waals surface area contributed by atoms with Gasteiger partial charge in [0.25, 0.3) is 17.7 Å². The van der Waals surface area contributed by atoms with E-state index in [1.807, 2.05) is 6.92 Å². The minimum absolute atomic E-state index is 0.375. The van der Waals surface area contributed by atoms with E-state index in [0.29, 0.717) is 6.42 Å². The molecule has 3 amide bonds. The molecule has 0 saturated carbocycles. The lowest BCUT2D eigenvalue weighted by Crippen LogP contribution is -2.57. The van der Waals surface area contributed by atoms with E-state index >= 15 is 0 Å². The van der Waals surface area contributed by atoms with E-state index < -0.39 is 95.7 Å². The summed E-state index contributed by atoms with van der Waals surface area (Å²) in [5, 5.41) is 0. The summed E-state index contributed by atoms with van der Waals surface area (Å²) in [5.41, 5.74) is 0. The van der Waals surface area contributed by atoms with Gasteiger partial charge in [-0.05, 0) is 36.5 Å². The Labute approximate surface area is 263 Å². The summed E-state index contributed by atoms with van der Waals surface area (Å²) in [6, 6.07) is -3.33. The molecular formula is C32H55N3O9. The minimum Gasteiger partial charge on any atom is -0.450 e. The number of ether oxygens (including phenoxy) is 3. The third kappa shape index (κ3) is 8.94. The molecule has 0 N–H and O–H groups in total. The van der Waals surface area contributed by atoms with Crippen molar-refractivity contribution in [2.24, 2.45) is 29.6 Å². The van der Waals surface area contributed by atoms with Gasteiger partial charge < -0.3 is 28.9 Å². The molecule has 7 unspecified atom stereocenters. The van der Waals surface area contributed by atoms with E-state index in [0.717, 1.165) is 4.90 Å². The van der Waals surface area contributed by atoms with Crippen LogP contribution in [0.25, 0.3) is 0 Å². The van der Waals surface area contributed by atoms with E-state index in [1.54, 1.807) is 62.3 Å². The van der Waals surface area contributed by atoms with Gasteiger partial charge in [-0.25, -0.2) is 14.4 Å². The van der Waals surface area contributed by atoms with Crippen molar-refractivity contribution in [1.29, 1.82) is 0 Å². The molecule has 12 nitrogen and oxygen atoms in total. The van der Waals surface area contributed by atoms with Crippen LogP contribution in [0, 0.1) is 29.6 Å². The van der Waals surface area contributed by atoms with Crippen molar-refractivity contribution in [1.82, 2.24) is 14.7 Å². The van der Waals surface area contributed by atoms with E-state index in [-0.39, 0.29) is 5.92 Å². The van der Waals surface area contributed by atoms with Gasteiger partial charge in [0.1, 0.15) is 18.1 Å². The van der Waals surface area contributed by atoms with Crippen molar-refractivity contribution in [2.75, 3.05) is 21.1 Å². The molecule has 0 bridgehead atoms. The van der Waals surface area contributed by atoms with Crippen LogP contribution in [0.4, 0.5) is 0 Å². The van der Waals surface area contributed by atoms with E-state index in [4.69, 9.17) is 14.2 Å². The van der Waals surface area contributed by atoms with E-state index in [9.17, 15) is 28.8 Å². The number of nitrogens with zero attached hydrogens (tertiary/aromatic N) is 3. The van der Waals surface area contributed by atoms with Crippen LogP contribution in [-0.4, -0.2) is 108 Å². The quantitative estimate of drug-likeness (QED) is 0.322. The van der Waals surface area contributed by atoms with Crippen LogP contribution in [0.1, 0.15) is 82.6 Å². The van der Waals surface area contributed by atoms with Crippen LogP contribution in [0.5, 0.6) is 0 Å². The Morgan fingerprint density at radius 1 is 0.523 bits per heavy atom. The summed E-state index contributed by atoms with van der Waals surface area (Å²) < 4.78 is 17.3. The number of likely N-dealkylation sites (N-methyl/N-ethyl adjacent to an activating group) is 3. The largest absolute Gasteiger partial charge is 0.450 e. The summed E-state index contributed by atoms with van der Waals surface area (Å²) in [6.45, 7) is 18.8. The zero-order chi connectivity index (χ0) is 34.4. The van der Waals surface area contributed by atoms with Gasteiger partial charge in [-0.15, -0.1) is 0 Å². The summed E-state index contributed by atoms with van der Waals surface area (Å²) in [6.07, 6.45) is -3.30. The third-order valence-corrected chi connectivity index (χ3v) is 8.37. The molecule has 12 heteroatoms. The Balaban J connectivity index is 3.86. The number of carbonyl (C=O) groups excluding carboxylic acids is 6. The maximum absolute atomic E-state index is 13.9. The van der Waals surface area contributed by atoms with Gasteiger partial charge in [0.15, 0.2) is 18.3 Å². The van der Waals surface area contributed by atoms with Crippen LogP contribution < -0.4 is 0 Å². The second kappa shape index (κ2) is 16.2. The smallest absolute Gasteiger partial charge is 0.329 e. The fourth-order valence-corrected chi connectivity index (χ4v) is 5.13. The number of hydrogen-bond acceptors (Lipinski definition) is 9. The highest BCUT2D eigenvalue weighted by atomic mass is 16.6. The Morgan fingerprint density at radius 2 is 0.841 bits per heavy atom. The number of hydrogen-bond donors (Lipinski definition) is 0. The number of rotatable bonds is 6. The monoisotopic (exact) mass is 625 g/mol. The average Bonchev–Trinajstić information content (AvgIpc) is 2.93. The summed E-state index contributed by atoms with van der Waals surface area (Å²) in [7, 11) is 4.27. The first kappa shape index (κ1) is 38.8. The SMILES string of the molecule is CCC(C)C1C(=O)OC(C(C)C)C(=O)N(C)C(C(C)C)C(=O)OC(C(C)C)C(=O)N(C)C(C)C(=O)OC(C(C)C)C(=O)N1C. The summed E-state index contributed by atoms with van der Waals surface area (Å²) >= 11 is 0. The van der Waals surface area contributed by atoms with Crippen LogP contribution in [-0.2, 0) is 43.0 Å². The van der Waals surface area contributed by atoms with Gasteiger partial charge in [0, 0.05) is 21.1 Å². The minimum atomic E-state index is -1.27. The lowest BCUT2D eigenvalue weighted by molar-refractivity contribution is -0.180. The van der Waals surface area contributed by atoms with Gasteiger partial charge in [0.2, 0.25) is 0 Å². The molecule has 1 fully saturated rings. The normalized spacial score (nSPS) is 28.4. The van der Waals surface area contributed by atoms with Gasteiger partial charge in [-0.3, -0.25) is 14.4 Å². The van der Waals surface area contributed by atoms with Crippen LogP contribution in [0.2, 0.25) is 0 Å². The molecule has 0 spiro atoms. The first-order valence-corrected chi connectivity index (χ1v) is 15.6. The summed E-state index contributed by atoms with van der Waals surface area (Å²) in [5.74, 6) is -6.51. The predicted octanol–water partition coefficient (Wildman–Crippen LogP) is 2.91. The molecule has 0 aromatic carbocycles. The first-order valence-electron chi connectivity index (χ1n) is 15.6.